The van der Waals surface area contributed by atoms with Gasteiger partial charge in [-0.05, 0) is 13.8 Å². The number of nitrogens with two attached hydrogens (primary N) is 1. The lowest BCUT2D eigenvalue weighted by Crippen LogP contribution is -2.29. The number of halogens is 1. The Morgan fingerprint density at radius 3 is 2.54 bits per heavy atom. The van der Waals surface area contributed by atoms with Crippen LogP contribution in [0.4, 0.5) is 5.82 Å². The average Bonchev–Trinajstić information content (AvgIpc) is 3.31. The number of aromatic nitrogens is 4. The summed E-state index contributed by atoms with van der Waals surface area (Å²) in [6.07, 6.45) is 0.552. The molecule has 0 bridgehead atoms. The summed E-state index contributed by atoms with van der Waals surface area (Å²) in [5.41, 5.74) is 6.55. The number of rotatable bonds is 13. The van der Waals surface area contributed by atoms with Crippen LogP contribution in [0.5, 0.6) is 0 Å². The Hall–Kier alpha value is 0.110. The molecule has 2 aromatic heterocycles. The number of phosphoric acid groups is 3. The van der Waals surface area contributed by atoms with E-state index < -0.39 is 48.5 Å². The third-order valence-electron chi connectivity index (χ3n) is 4.28. The number of fused-ring (bicyclic) bond motifs is 1. The Bertz CT molecular complexity index is 1240. The van der Waals surface area contributed by atoms with Gasteiger partial charge in [-0.3, -0.25) is 9.09 Å². The molecule has 1 aliphatic rings. The number of nitrogens with zero attached hydrogens (tertiary/aromatic N) is 4. The molecule has 17 nitrogen and oxygen atoms in total. The molecule has 2 aromatic rings. The van der Waals surface area contributed by atoms with Crippen LogP contribution in [-0.4, -0.2) is 66.6 Å². The molecule has 0 amide bonds. The Morgan fingerprint density at radius 2 is 1.89 bits per heavy atom. The van der Waals surface area contributed by atoms with Gasteiger partial charge in [0.2, 0.25) is 0 Å². The first-order chi connectivity index (χ1) is 16.9. The average molecular weight is 737 g/mol. The molecule has 5 atom stereocenters. The van der Waals surface area contributed by atoms with Crippen molar-refractivity contribution in [3.05, 3.63) is 12.7 Å². The molecule has 6 N–H and O–H groups in total. The van der Waals surface area contributed by atoms with Crippen molar-refractivity contribution in [3.8, 4) is 0 Å². The molecule has 3 heterocycles. The van der Waals surface area contributed by atoms with E-state index in [1.807, 2.05) is 13.8 Å². The maximum atomic E-state index is 12.2. The summed E-state index contributed by atoms with van der Waals surface area (Å²) < 4.78 is 60.2. The summed E-state index contributed by atoms with van der Waals surface area (Å²) in [6.45, 7) is 3.37. The van der Waals surface area contributed by atoms with Gasteiger partial charge in [-0.1, -0.05) is 44.2 Å². The zero-order chi connectivity index (χ0) is 27.6. The number of nitrogen functional groups attached to an aromatic ring is 1. The first-order valence-corrected chi connectivity index (χ1v) is 17.8. The van der Waals surface area contributed by atoms with Gasteiger partial charge in [0.05, 0.1) is 21.8 Å². The maximum Gasteiger partial charge on any atom is 0.490 e. The van der Waals surface area contributed by atoms with Crippen LogP contribution in [0.25, 0.3) is 11.2 Å². The van der Waals surface area contributed by atoms with Gasteiger partial charge in [0.1, 0.15) is 30.1 Å². The molecule has 3 unspecified atom stereocenters. The topological polar surface area (TPSA) is 248 Å². The molecule has 37 heavy (non-hydrogen) atoms. The predicted molar refractivity (Wildman–Crippen MR) is 141 cm³/mol. The lowest BCUT2D eigenvalue weighted by atomic mass is 10.2. The van der Waals surface area contributed by atoms with E-state index in [2.05, 4.69) is 46.2 Å². The predicted octanol–water partition coefficient (Wildman–Crippen LogP) is 2.93. The minimum Gasteiger partial charge on any atom is -0.382 e. The molecule has 0 spiro atoms. The van der Waals surface area contributed by atoms with Crippen molar-refractivity contribution in [1.29, 1.82) is 0 Å². The maximum absolute atomic E-state index is 12.2. The minimum atomic E-state index is -5.65. The van der Waals surface area contributed by atoms with Gasteiger partial charge in [-0.25, -0.2) is 28.6 Å². The second-order valence-corrected chi connectivity index (χ2v) is 18.4. The number of alkyl halides is 1. The quantitative estimate of drug-likeness (QED) is 0.0495. The van der Waals surface area contributed by atoms with Crippen molar-refractivity contribution in [1.82, 2.24) is 19.5 Å². The highest BCUT2D eigenvalue weighted by atomic mass is 127. The van der Waals surface area contributed by atoms with Crippen LogP contribution < -0.4 is 5.73 Å². The largest absolute Gasteiger partial charge is 0.490 e. The van der Waals surface area contributed by atoms with E-state index in [1.165, 1.54) is 23.4 Å². The standard InChI is InChI=1S/C14H23IN5O12P3S2/c1-14(2,15)37-36-7-28-8-3-10(20-6-19-11-12(16)17-5-18-13(11)20)30-9(8)4-29-34(24,25)32-35(26,27)31-33(21,22)23/h5-6,8-10H,3-4,7H2,1-2H3,(H,24,25)(H,26,27)(H2,16,17,18)(H2,21,22,23)/t8?,9-,10-/m1/s1. The second-order valence-electron chi connectivity index (χ2n) is 7.72. The van der Waals surface area contributed by atoms with Crippen molar-refractivity contribution in [2.24, 2.45) is 0 Å². The van der Waals surface area contributed by atoms with E-state index in [-0.39, 0.29) is 20.9 Å². The first kappa shape index (κ1) is 31.6. The number of phosphoric ester groups is 1. The Balaban J connectivity index is 1.71. The first-order valence-electron chi connectivity index (χ1n) is 9.93. The SMILES string of the molecule is CC(C)(I)SSCOC1C[C@H](n2cnc3c(N)ncnc32)O[C@@H]1COP(=O)(O)OP(=O)(O)OP(=O)(O)O. The molecule has 23 heteroatoms. The highest BCUT2D eigenvalue weighted by Gasteiger charge is 2.43. The lowest BCUT2D eigenvalue weighted by molar-refractivity contribution is -0.0522. The van der Waals surface area contributed by atoms with Crippen LogP contribution >= 0.6 is 67.6 Å². The molecular formula is C14H23IN5O12P3S2. The van der Waals surface area contributed by atoms with E-state index in [1.54, 1.807) is 15.4 Å². The van der Waals surface area contributed by atoms with Crippen molar-refractivity contribution >= 4 is 84.6 Å². The zero-order valence-corrected chi connectivity index (χ0v) is 25.4. The van der Waals surface area contributed by atoms with Gasteiger partial charge in [-0.2, -0.15) is 8.62 Å². The fourth-order valence-electron chi connectivity index (χ4n) is 3.03. The normalized spacial score (nSPS) is 24.2. The van der Waals surface area contributed by atoms with Crippen LogP contribution in [-0.2, 0) is 36.3 Å². The van der Waals surface area contributed by atoms with Crippen LogP contribution in [0, 0.1) is 0 Å². The van der Waals surface area contributed by atoms with Crippen molar-refractivity contribution < 1.29 is 55.9 Å². The number of hydrogen-bond donors (Lipinski definition) is 5. The summed E-state index contributed by atoms with van der Waals surface area (Å²) in [5, 5.41) is 0. The summed E-state index contributed by atoms with van der Waals surface area (Å²) in [4.78, 5) is 48.7. The van der Waals surface area contributed by atoms with E-state index in [0.29, 0.717) is 11.2 Å². The number of imidazole rings is 1. The van der Waals surface area contributed by atoms with E-state index in [9.17, 15) is 23.5 Å². The molecule has 1 saturated heterocycles. The van der Waals surface area contributed by atoms with Crippen LogP contribution in [0.2, 0.25) is 0 Å². The summed E-state index contributed by atoms with van der Waals surface area (Å²) in [6, 6.07) is 0. The van der Waals surface area contributed by atoms with E-state index in [0.717, 1.165) is 0 Å². The number of hydrogen-bond acceptors (Lipinski definition) is 14. The van der Waals surface area contributed by atoms with Crippen LogP contribution in [0.3, 0.4) is 0 Å². The summed E-state index contributed by atoms with van der Waals surface area (Å²) in [7, 11) is -13.5. The fraction of sp³-hybridized carbons (Fsp3) is 0.643. The van der Waals surface area contributed by atoms with Gasteiger partial charge in [-0.15, -0.1) is 0 Å². The van der Waals surface area contributed by atoms with Gasteiger partial charge in [0, 0.05) is 6.42 Å². The Kier molecular flexibility index (Phi) is 10.5. The molecule has 1 aliphatic heterocycles. The Labute approximate surface area is 231 Å². The molecule has 0 aromatic carbocycles. The number of anilines is 1. The highest BCUT2D eigenvalue weighted by Crippen LogP contribution is 2.66. The molecule has 0 radical (unpaired) electrons. The van der Waals surface area contributed by atoms with E-state index in [4.69, 9.17) is 29.5 Å². The van der Waals surface area contributed by atoms with Gasteiger partial charge >= 0.3 is 23.5 Å². The van der Waals surface area contributed by atoms with Gasteiger partial charge in [0.25, 0.3) is 0 Å². The Morgan fingerprint density at radius 1 is 1.19 bits per heavy atom. The van der Waals surface area contributed by atoms with Crippen LogP contribution in [0.1, 0.15) is 26.5 Å². The van der Waals surface area contributed by atoms with Crippen molar-refractivity contribution in [2.45, 2.75) is 41.5 Å². The van der Waals surface area contributed by atoms with Crippen molar-refractivity contribution in [2.75, 3.05) is 18.3 Å². The third-order valence-corrected chi connectivity index (χ3v) is 12.3. The molecule has 0 aliphatic carbocycles. The summed E-state index contributed by atoms with van der Waals surface area (Å²) >= 11 is 2.26. The van der Waals surface area contributed by atoms with Gasteiger partial charge in [0.15, 0.2) is 11.5 Å². The highest BCUT2D eigenvalue weighted by molar-refractivity contribution is 14.1. The minimum absolute atomic E-state index is 0.0629. The number of ether oxygens (including phenoxy) is 2. The molecule has 1 fully saturated rings. The summed E-state index contributed by atoms with van der Waals surface area (Å²) in [5.74, 6) is 0.386. The lowest BCUT2D eigenvalue weighted by Gasteiger charge is -2.21. The smallest absolute Gasteiger partial charge is 0.382 e. The fourth-order valence-corrected chi connectivity index (χ4v) is 8.91. The molecule has 3 rings (SSSR count). The molecule has 0 saturated carbocycles. The second kappa shape index (κ2) is 12.3. The monoisotopic (exact) mass is 737 g/mol. The van der Waals surface area contributed by atoms with Crippen molar-refractivity contribution in [3.63, 3.8) is 0 Å². The van der Waals surface area contributed by atoms with Gasteiger partial charge < -0.3 is 34.8 Å². The van der Waals surface area contributed by atoms with Crippen LogP contribution in [0.15, 0.2) is 12.7 Å². The molecule has 210 valence electrons. The van der Waals surface area contributed by atoms with E-state index >= 15 is 0 Å². The third kappa shape index (κ3) is 9.91. The molecular weight excluding hydrogens is 714 g/mol. The zero-order valence-electron chi connectivity index (χ0n) is 19.0.